The van der Waals surface area contributed by atoms with Gasteiger partial charge in [-0.3, -0.25) is 4.79 Å². The van der Waals surface area contributed by atoms with Crippen molar-refractivity contribution in [1.82, 2.24) is 14.9 Å². The minimum atomic E-state index is 0.252. The number of fused-ring (bicyclic) bond motifs is 3. The molecule has 1 aliphatic carbocycles. The van der Waals surface area contributed by atoms with E-state index in [1.165, 1.54) is 47.1 Å². The van der Waals surface area contributed by atoms with Gasteiger partial charge in [-0.25, -0.2) is 9.97 Å². The topological polar surface area (TPSA) is 49.3 Å². The van der Waals surface area contributed by atoms with Gasteiger partial charge in [0.15, 0.2) is 0 Å². The molecule has 6 heteroatoms. The molecule has 5 rings (SSSR count). The Bertz CT molecular complexity index is 1070. The predicted octanol–water partition coefficient (Wildman–Crippen LogP) is 4.61. The second kappa shape index (κ2) is 8.95. The van der Waals surface area contributed by atoms with Gasteiger partial charge in [0, 0.05) is 43.9 Å². The summed E-state index contributed by atoms with van der Waals surface area (Å²) < 4.78 is 0. The van der Waals surface area contributed by atoms with E-state index >= 15 is 0 Å². The first-order valence-electron chi connectivity index (χ1n) is 11.6. The standard InChI is InChI=1S/C25H30N4OS/c1-2-22(30)28-13-15-29(16-14-28)24-23-19-11-7-4-8-12-20(19)31-25(23)27-21(26-24)17-18-9-5-3-6-10-18/h3,5-6,9-10H,2,4,7-8,11-17H2,1H3. The van der Waals surface area contributed by atoms with Gasteiger partial charge in [-0.05, 0) is 36.8 Å². The maximum Gasteiger partial charge on any atom is 0.222 e. The van der Waals surface area contributed by atoms with E-state index in [1.54, 1.807) is 0 Å². The molecular weight excluding hydrogens is 404 g/mol. The van der Waals surface area contributed by atoms with Crippen LogP contribution in [-0.2, 0) is 24.1 Å². The van der Waals surface area contributed by atoms with Crippen LogP contribution in [0.3, 0.4) is 0 Å². The average Bonchev–Trinajstić information content (AvgIpc) is 2.99. The SMILES string of the molecule is CCC(=O)N1CCN(c2nc(Cc3ccccc3)nc3sc4c(c23)CCCCC4)CC1. The lowest BCUT2D eigenvalue weighted by Crippen LogP contribution is -2.49. The van der Waals surface area contributed by atoms with E-state index in [9.17, 15) is 4.79 Å². The molecule has 1 aliphatic heterocycles. The van der Waals surface area contributed by atoms with Crippen molar-refractivity contribution >= 4 is 33.3 Å². The van der Waals surface area contributed by atoms with Crippen molar-refractivity contribution in [3.8, 4) is 0 Å². The van der Waals surface area contributed by atoms with Crippen molar-refractivity contribution in [2.24, 2.45) is 0 Å². The molecule has 2 aliphatic rings. The number of aromatic nitrogens is 2. The molecule has 0 unspecified atom stereocenters. The summed E-state index contributed by atoms with van der Waals surface area (Å²) in [5.41, 5.74) is 2.73. The Morgan fingerprint density at radius 3 is 2.55 bits per heavy atom. The molecule has 2 aromatic heterocycles. The second-order valence-corrected chi connectivity index (χ2v) is 9.68. The maximum atomic E-state index is 12.2. The van der Waals surface area contributed by atoms with Gasteiger partial charge in [-0.15, -0.1) is 11.3 Å². The van der Waals surface area contributed by atoms with Crippen molar-refractivity contribution in [3.05, 3.63) is 52.2 Å². The number of carbonyl (C=O) groups excluding carboxylic acids is 1. The Hall–Kier alpha value is -2.47. The van der Waals surface area contributed by atoms with Gasteiger partial charge in [0.05, 0.1) is 5.39 Å². The van der Waals surface area contributed by atoms with Crippen LogP contribution < -0.4 is 4.90 Å². The maximum absolute atomic E-state index is 12.2. The van der Waals surface area contributed by atoms with Gasteiger partial charge in [0.1, 0.15) is 16.5 Å². The number of benzene rings is 1. The molecule has 162 valence electrons. The molecule has 1 amide bonds. The molecule has 0 bridgehead atoms. The second-order valence-electron chi connectivity index (χ2n) is 8.59. The van der Waals surface area contributed by atoms with Gasteiger partial charge >= 0.3 is 0 Å². The normalized spacial score (nSPS) is 16.9. The molecule has 1 aromatic carbocycles. The molecule has 1 fully saturated rings. The Kier molecular flexibility index (Phi) is 5.90. The van der Waals surface area contributed by atoms with E-state index in [4.69, 9.17) is 9.97 Å². The van der Waals surface area contributed by atoms with Crippen molar-refractivity contribution < 1.29 is 4.79 Å². The fourth-order valence-electron chi connectivity index (χ4n) is 4.84. The van der Waals surface area contributed by atoms with Gasteiger partial charge in [0.25, 0.3) is 0 Å². The van der Waals surface area contributed by atoms with Crippen LogP contribution in [-0.4, -0.2) is 47.0 Å². The monoisotopic (exact) mass is 434 g/mol. The van der Waals surface area contributed by atoms with Crippen LogP contribution in [0.25, 0.3) is 10.2 Å². The van der Waals surface area contributed by atoms with E-state index in [-0.39, 0.29) is 5.91 Å². The molecule has 0 atom stereocenters. The smallest absolute Gasteiger partial charge is 0.222 e. The van der Waals surface area contributed by atoms with Gasteiger partial charge in [0.2, 0.25) is 5.91 Å². The zero-order valence-electron chi connectivity index (χ0n) is 18.3. The number of aryl methyl sites for hydroxylation is 2. The molecule has 0 radical (unpaired) electrons. The van der Waals surface area contributed by atoms with Crippen LogP contribution in [0.15, 0.2) is 30.3 Å². The highest BCUT2D eigenvalue weighted by Gasteiger charge is 2.26. The molecular formula is C25H30N4OS. The third-order valence-electron chi connectivity index (χ3n) is 6.53. The molecule has 0 N–H and O–H groups in total. The highest BCUT2D eigenvalue weighted by molar-refractivity contribution is 7.19. The van der Waals surface area contributed by atoms with Crippen molar-refractivity contribution in [2.75, 3.05) is 31.1 Å². The fourth-order valence-corrected chi connectivity index (χ4v) is 6.11. The highest BCUT2D eigenvalue weighted by Crippen LogP contribution is 2.39. The van der Waals surface area contributed by atoms with Gasteiger partial charge in [-0.2, -0.15) is 0 Å². The van der Waals surface area contributed by atoms with Crippen LogP contribution in [0.4, 0.5) is 5.82 Å². The first kappa shape index (κ1) is 20.4. The van der Waals surface area contributed by atoms with E-state index in [1.807, 2.05) is 29.2 Å². The Labute approximate surface area is 188 Å². The average molecular weight is 435 g/mol. The molecule has 3 heterocycles. The third kappa shape index (κ3) is 4.18. The van der Waals surface area contributed by atoms with Crippen LogP contribution in [0, 0.1) is 0 Å². The molecule has 5 nitrogen and oxygen atoms in total. The minimum Gasteiger partial charge on any atom is -0.352 e. The number of nitrogens with zero attached hydrogens (tertiary/aromatic N) is 4. The number of carbonyl (C=O) groups is 1. The summed E-state index contributed by atoms with van der Waals surface area (Å²) >= 11 is 1.88. The fraction of sp³-hybridized carbons (Fsp3) is 0.480. The van der Waals surface area contributed by atoms with E-state index in [2.05, 4.69) is 29.2 Å². The summed E-state index contributed by atoms with van der Waals surface area (Å²) in [5, 5.41) is 1.29. The summed E-state index contributed by atoms with van der Waals surface area (Å²) in [6.07, 6.45) is 7.47. The molecule has 1 saturated heterocycles. The zero-order chi connectivity index (χ0) is 21.2. The quantitative estimate of drug-likeness (QED) is 0.563. The molecule has 0 saturated carbocycles. The zero-order valence-corrected chi connectivity index (χ0v) is 19.1. The van der Waals surface area contributed by atoms with E-state index in [0.717, 1.165) is 55.5 Å². The highest BCUT2D eigenvalue weighted by atomic mass is 32.1. The van der Waals surface area contributed by atoms with Crippen LogP contribution in [0.2, 0.25) is 0 Å². The van der Waals surface area contributed by atoms with Crippen molar-refractivity contribution in [3.63, 3.8) is 0 Å². The number of amides is 1. The Morgan fingerprint density at radius 1 is 1.00 bits per heavy atom. The number of hydrogen-bond donors (Lipinski definition) is 0. The van der Waals surface area contributed by atoms with Crippen LogP contribution in [0.1, 0.15) is 54.4 Å². The molecule has 3 aromatic rings. The predicted molar refractivity (Wildman–Crippen MR) is 127 cm³/mol. The Morgan fingerprint density at radius 2 is 1.77 bits per heavy atom. The summed E-state index contributed by atoms with van der Waals surface area (Å²) in [7, 11) is 0. The minimum absolute atomic E-state index is 0.252. The summed E-state index contributed by atoms with van der Waals surface area (Å²) in [6, 6.07) is 10.5. The number of piperazine rings is 1. The summed E-state index contributed by atoms with van der Waals surface area (Å²) in [5.74, 6) is 2.25. The van der Waals surface area contributed by atoms with Crippen LogP contribution in [0.5, 0.6) is 0 Å². The number of hydrogen-bond acceptors (Lipinski definition) is 5. The van der Waals surface area contributed by atoms with E-state index < -0.39 is 0 Å². The van der Waals surface area contributed by atoms with E-state index in [0.29, 0.717) is 6.42 Å². The lowest BCUT2D eigenvalue weighted by Gasteiger charge is -2.35. The molecule has 0 spiro atoms. The largest absolute Gasteiger partial charge is 0.352 e. The van der Waals surface area contributed by atoms with Gasteiger partial charge < -0.3 is 9.80 Å². The first-order valence-corrected chi connectivity index (χ1v) is 12.4. The summed E-state index contributed by atoms with van der Waals surface area (Å²) in [4.78, 5) is 29.4. The van der Waals surface area contributed by atoms with Crippen LogP contribution >= 0.6 is 11.3 Å². The first-order chi connectivity index (χ1) is 15.2. The number of anilines is 1. The Balaban J connectivity index is 1.54. The number of rotatable bonds is 4. The number of thiophene rings is 1. The summed E-state index contributed by atoms with van der Waals surface area (Å²) in [6.45, 7) is 5.18. The third-order valence-corrected chi connectivity index (χ3v) is 7.72. The van der Waals surface area contributed by atoms with Crippen molar-refractivity contribution in [1.29, 1.82) is 0 Å². The lowest BCUT2D eigenvalue weighted by molar-refractivity contribution is -0.131. The van der Waals surface area contributed by atoms with Crippen molar-refractivity contribution in [2.45, 2.75) is 51.9 Å². The van der Waals surface area contributed by atoms with Gasteiger partial charge in [-0.1, -0.05) is 43.7 Å². The lowest BCUT2D eigenvalue weighted by atomic mass is 10.1. The molecule has 31 heavy (non-hydrogen) atoms.